The average Bonchev–Trinajstić information content (AvgIpc) is 3.14. The maximum Gasteiger partial charge on any atom is 0.237 e. The highest BCUT2D eigenvalue weighted by Gasteiger charge is 2.35. The van der Waals surface area contributed by atoms with E-state index in [2.05, 4.69) is 28.7 Å². The van der Waals surface area contributed by atoms with Gasteiger partial charge in [-0.2, -0.15) is 0 Å². The summed E-state index contributed by atoms with van der Waals surface area (Å²) in [7, 11) is 0. The molecule has 4 nitrogen and oxygen atoms in total. The van der Waals surface area contributed by atoms with Gasteiger partial charge in [-0.3, -0.25) is 4.79 Å². The number of amides is 1. The highest BCUT2D eigenvalue weighted by Crippen LogP contribution is 2.33. The molecular weight excluding hydrogens is 300 g/mol. The maximum atomic E-state index is 12.4. The quantitative estimate of drug-likeness (QED) is 0.828. The van der Waals surface area contributed by atoms with Crippen molar-refractivity contribution in [3.8, 4) is 12.3 Å². The molecule has 118 valence electrons. The van der Waals surface area contributed by atoms with Gasteiger partial charge < -0.3 is 15.4 Å². The molecule has 1 unspecified atom stereocenters. The number of ether oxygens (including phenoxy) is 1. The molecule has 2 aliphatic rings. The van der Waals surface area contributed by atoms with Gasteiger partial charge in [-0.25, -0.2) is 0 Å². The topological polar surface area (TPSA) is 50.4 Å². The van der Waals surface area contributed by atoms with Crippen molar-refractivity contribution < 1.29 is 9.53 Å². The highest BCUT2D eigenvalue weighted by atomic mass is 35.5. The summed E-state index contributed by atoms with van der Waals surface area (Å²) in [5.41, 5.74) is 2.37. The molecule has 3 rings (SSSR count). The van der Waals surface area contributed by atoms with E-state index in [4.69, 9.17) is 11.2 Å². The largest absolute Gasteiger partial charge is 0.363 e. The van der Waals surface area contributed by atoms with Crippen LogP contribution in [-0.4, -0.2) is 31.2 Å². The summed E-state index contributed by atoms with van der Waals surface area (Å²) in [6.07, 6.45) is 7.95. The Kier molecular flexibility index (Phi) is 5.84. The molecule has 3 atom stereocenters. The van der Waals surface area contributed by atoms with E-state index in [1.165, 1.54) is 5.56 Å². The summed E-state index contributed by atoms with van der Waals surface area (Å²) in [5, 5.41) is 6.37. The normalized spacial score (nSPS) is 25.9. The van der Waals surface area contributed by atoms with Crippen LogP contribution in [0.1, 0.15) is 30.0 Å². The zero-order chi connectivity index (χ0) is 14.7. The molecule has 1 fully saturated rings. The first-order chi connectivity index (χ1) is 10.3. The molecule has 0 radical (unpaired) electrons. The first-order valence-corrected chi connectivity index (χ1v) is 7.46. The molecule has 1 heterocycles. The summed E-state index contributed by atoms with van der Waals surface area (Å²) in [4.78, 5) is 12.4. The van der Waals surface area contributed by atoms with Gasteiger partial charge in [0.25, 0.3) is 0 Å². The minimum atomic E-state index is -0.107. The van der Waals surface area contributed by atoms with E-state index in [0.29, 0.717) is 0 Å². The molecule has 0 bridgehead atoms. The number of carbonyl (C=O) groups is 1. The lowest BCUT2D eigenvalue weighted by Gasteiger charge is -2.23. The van der Waals surface area contributed by atoms with E-state index in [1.54, 1.807) is 0 Å². The van der Waals surface area contributed by atoms with Gasteiger partial charge in [0.05, 0.1) is 18.2 Å². The van der Waals surface area contributed by atoms with Gasteiger partial charge >= 0.3 is 0 Å². The Balaban J connectivity index is 0.00000176. The van der Waals surface area contributed by atoms with Gasteiger partial charge in [0, 0.05) is 6.42 Å². The molecule has 0 saturated carbocycles. The van der Waals surface area contributed by atoms with E-state index in [0.717, 1.165) is 31.4 Å². The maximum absolute atomic E-state index is 12.4. The standard InChI is InChI=1S/C17H20N2O2.ClH/c1-2-10-21-15-11-12-6-3-4-7-13(12)16(15)19-17(20)14-8-5-9-18-14;/h1,3-4,6-7,14-16,18H,5,8-11H2,(H,19,20);1H/t14?,15-,16+;/m1./s1. The van der Waals surface area contributed by atoms with Gasteiger partial charge in [-0.05, 0) is 30.5 Å². The Morgan fingerprint density at radius 2 is 2.27 bits per heavy atom. The lowest BCUT2D eigenvalue weighted by Crippen LogP contribution is -2.44. The molecule has 1 aromatic carbocycles. The van der Waals surface area contributed by atoms with Crippen LogP contribution in [0.5, 0.6) is 0 Å². The van der Waals surface area contributed by atoms with Gasteiger partial charge in [-0.1, -0.05) is 30.2 Å². The first-order valence-electron chi connectivity index (χ1n) is 7.46. The fourth-order valence-corrected chi connectivity index (χ4v) is 3.20. The van der Waals surface area contributed by atoms with Crippen LogP contribution in [0.25, 0.3) is 0 Å². The van der Waals surface area contributed by atoms with Crippen LogP contribution in [0.4, 0.5) is 0 Å². The van der Waals surface area contributed by atoms with E-state index in [1.807, 2.05) is 12.1 Å². The van der Waals surface area contributed by atoms with Crippen molar-refractivity contribution in [1.29, 1.82) is 0 Å². The molecular formula is C17H21ClN2O2. The molecule has 5 heteroatoms. The second-order valence-corrected chi connectivity index (χ2v) is 5.59. The van der Waals surface area contributed by atoms with E-state index in [-0.39, 0.29) is 43.1 Å². The monoisotopic (exact) mass is 320 g/mol. The van der Waals surface area contributed by atoms with Crippen LogP contribution in [0.15, 0.2) is 24.3 Å². The Bertz CT molecular complexity index is 564. The Hall–Kier alpha value is -1.54. The SMILES string of the molecule is C#CCO[C@@H]1Cc2ccccc2[C@@H]1NC(=O)C1CCCN1.Cl. The number of carbonyl (C=O) groups excluding carboxylic acids is 1. The zero-order valence-corrected chi connectivity index (χ0v) is 13.2. The van der Waals surface area contributed by atoms with Crippen molar-refractivity contribution in [2.24, 2.45) is 0 Å². The molecule has 1 aliphatic heterocycles. The summed E-state index contributed by atoms with van der Waals surface area (Å²) in [6, 6.07) is 7.97. The van der Waals surface area contributed by atoms with Crippen molar-refractivity contribution >= 4 is 18.3 Å². The first kappa shape index (κ1) is 16.8. The van der Waals surface area contributed by atoms with E-state index < -0.39 is 0 Å². The highest BCUT2D eigenvalue weighted by molar-refractivity contribution is 5.85. The predicted molar refractivity (Wildman–Crippen MR) is 87.9 cm³/mol. The van der Waals surface area contributed by atoms with Crippen molar-refractivity contribution in [3.05, 3.63) is 35.4 Å². The number of benzene rings is 1. The molecule has 0 aromatic heterocycles. The third kappa shape index (κ3) is 3.44. The summed E-state index contributed by atoms with van der Waals surface area (Å²) < 4.78 is 5.74. The van der Waals surface area contributed by atoms with E-state index >= 15 is 0 Å². The van der Waals surface area contributed by atoms with Crippen molar-refractivity contribution in [3.63, 3.8) is 0 Å². The van der Waals surface area contributed by atoms with Crippen LogP contribution in [-0.2, 0) is 16.0 Å². The summed E-state index contributed by atoms with van der Waals surface area (Å²) in [6.45, 7) is 1.18. The summed E-state index contributed by atoms with van der Waals surface area (Å²) in [5.74, 6) is 2.56. The van der Waals surface area contributed by atoms with Crippen LogP contribution in [0.2, 0.25) is 0 Å². The third-order valence-electron chi connectivity index (χ3n) is 4.24. The van der Waals surface area contributed by atoms with Gasteiger partial charge in [0.1, 0.15) is 6.61 Å². The van der Waals surface area contributed by atoms with Crippen LogP contribution >= 0.6 is 12.4 Å². The minimum absolute atomic E-state index is 0. The second-order valence-electron chi connectivity index (χ2n) is 5.59. The molecule has 2 N–H and O–H groups in total. The molecule has 22 heavy (non-hydrogen) atoms. The molecule has 1 aliphatic carbocycles. The lowest BCUT2D eigenvalue weighted by atomic mass is 10.1. The van der Waals surface area contributed by atoms with Crippen LogP contribution in [0, 0.1) is 12.3 Å². The average molecular weight is 321 g/mol. The Morgan fingerprint density at radius 1 is 1.45 bits per heavy atom. The fraction of sp³-hybridized carbons (Fsp3) is 0.471. The number of hydrogen-bond acceptors (Lipinski definition) is 3. The van der Waals surface area contributed by atoms with Gasteiger partial charge in [-0.15, -0.1) is 18.8 Å². The van der Waals surface area contributed by atoms with Crippen molar-refractivity contribution in [1.82, 2.24) is 10.6 Å². The minimum Gasteiger partial charge on any atom is -0.363 e. The number of nitrogens with one attached hydrogen (secondary N) is 2. The third-order valence-corrected chi connectivity index (χ3v) is 4.24. The Labute approximate surface area is 137 Å². The van der Waals surface area contributed by atoms with Crippen LogP contribution < -0.4 is 10.6 Å². The van der Waals surface area contributed by atoms with Gasteiger partial charge in [0.15, 0.2) is 0 Å². The number of terminal acetylenes is 1. The van der Waals surface area contributed by atoms with E-state index in [9.17, 15) is 4.79 Å². The van der Waals surface area contributed by atoms with Gasteiger partial charge in [0.2, 0.25) is 5.91 Å². The molecule has 0 spiro atoms. The molecule has 1 saturated heterocycles. The fourth-order valence-electron chi connectivity index (χ4n) is 3.20. The number of fused-ring (bicyclic) bond motifs is 1. The predicted octanol–water partition coefficient (Wildman–Crippen LogP) is 1.59. The zero-order valence-electron chi connectivity index (χ0n) is 12.4. The number of rotatable bonds is 4. The van der Waals surface area contributed by atoms with Crippen molar-refractivity contribution in [2.45, 2.75) is 37.5 Å². The Morgan fingerprint density at radius 3 is 3.00 bits per heavy atom. The van der Waals surface area contributed by atoms with Crippen LogP contribution in [0.3, 0.4) is 0 Å². The lowest BCUT2D eigenvalue weighted by molar-refractivity contribution is -0.124. The second kappa shape index (κ2) is 7.64. The molecule has 1 aromatic rings. The number of halogens is 1. The summed E-state index contributed by atoms with van der Waals surface area (Å²) >= 11 is 0. The smallest absolute Gasteiger partial charge is 0.237 e. The number of hydrogen-bond donors (Lipinski definition) is 2. The molecule has 1 amide bonds. The van der Waals surface area contributed by atoms with Crippen molar-refractivity contribution in [2.75, 3.05) is 13.2 Å².